The van der Waals surface area contributed by atoms with Crippen LogP contribution in [0.3, 0.4) is 0 Å². The van der Waals surface area contributed by atoms with Gasteiger partial charge in [-0.15, -0.1) is 0 Å². The van der Waals surface area contributed by atoms with Crippen molar-refractivity contribution >= 4 is 17.5 Å². The van der Waals surface area contributed by atoms with Crippen molar-refractivity contribution in [1.29, 1.82) is 0 Å². The summed E-state index contributed by atoms with van der Waals surface area (Å²) in [6.45, 7) is 3.29. The van der Waals surface area contributed by atoms with Crippen molar-refractivity contribution in [3.8, 4) is 0 Å². The van der Waals surface area contributed by atoms with Gasteiger partial charge in [-0.05, 0) is 31.2 Å². The molecule has 0 radical (unpaired) electrons. The SMILES string of the molecule is CC(=O)Nc1ccc(C(=O)NC(C)c2ncc[nH]2)cc1. The Morgan fingerprint density at radius 1 is 1.25 bits per heavy atom. The van der Waals surface area contributed by atoms with Gasteiger partial charge in [-0.2, -0.15) is 0 Å². The van der Waals surface area contributed by atoms with Crippen molar-refractivity contribution in [2.24, 2.45) is 0 Å². The average molecular weight is 272 g/mol. The van der Waals surface area contributed by atoms with E-state index in [0.29, 0.717) is 17.1 Å². The highest BCUT2D eigenvalue weighted by Gasteiger charge is 2.12. The molecule has 0 saturated carbocycles. The second-order valence-corrected chi connectivity index (χ2v) is 4.43. The highest BCUT2D eigenvalue weighted by Crippen LogP contribution is 2.11. The van der Waals surface area contributed by atoms with E-state index in [9.17, 15) is 9.59 Å². The van der Waals surface area contributed by atoms with Crippen LogP contribution in [0.25, 0.3) is 0 Å². The van der Waals surface area contributed by atoms with Crippen molar-refractivity contribution in [3.63, 3.8) is 0 Å². The number of carbonyl (C=O) groups excluding carboxylic acids is 2. The van der Waals surface area contributed by atoms with Gasteiger partial charge < -0.3 is 15.6 Å². The number of rotatable bonds is 4. The van der Waals surface area contributed by atoms with Gasteiger partial charge in [-0.25, -0.2) is 4.98 Å². The molecule has 0 aliphatic rings. The highest BCUT2D eigenvalue weighted by atomic mass is 16.2. The van der Waals surface area contributed by atoms with E-state index in [-0.39, 0.29) is 17.9 Å². The molecule has 104 valence electrons. The summed E-state index contributed by atoms with van der Waals surface area (Å²) in [6.07, 6.45) is 3.35. The van der Waals surface area contributed by atoms with E-state index in [1.807, 2.05) is 6.92 Å². The molecule has 1 aromatic heterocycles. The summed E-state index contributed by atoms with van der Waals surface area (Å²) in [5, 5.41) is 5.49. The molecule has 0 spiro atoms. The Balaban J connectivity index is 2.00. The molecule has 0 fully saturated rings. The number of imidazole rings is 1. The van der Waals surface area contributed by atoms with Gasteiger partial charge in [0.25, 0.3) is 5.91 Å². The van der Waals surface area contributed by atoms with E-state index >= 15 is 0 Å². The number of carbonyl (C=O) groups is 2. The maximum Gasteiger partial charge on any atom is 0.251 e. The fraction of sp³-hybridized carbons (Fsp3) is 0.214. The number of hydrogen-bond donors (Lipinski definition) is 3. The first kappa shape index (κ1) is 13.8. The summed E-state index contributed by atoms with van der Waals surface area (Å²) in [5.41, 5.74) is 1.19. The van der Waals surface area contributed by atoms with Gasteiger partial charge in [0.2, 0.25) is 5.91 Å². The minimum absolute atomic E-state index is 0.145. The summed E-state index contributed by atoms with van der Waals surface area (Å²) < 4.78 is 0. The molecular weight excluding hydrogens is 256 g/mol. The van der Waals surface area contributed by atoms with Crippen LogP contribution in [-0.4, -0.2) is 21.8 Å². The number of nitrogens with one attached hydrogen (secondary N) is 3. The van der Waals surface area contributed by atoms with Crippen molar-refractivity contribution < 1.29 is 9.59 Å². The lowest BCUT2D eigenvalue weighted by molar-refractivity contribution is -0.114. The largest absolute Gasteiger partial charge is 0.347 e. The number of aromatic nitrogens is 2. The maximum atomic E-state index is 12.0. The lowest BCUT2D eigenvalue weighted by atomic mass is 10.2. The van der Waals surface area contributed by atoms with Crippen molar-refractivity contribution in [2.45, 2.75) is 19.9 Å². The topological polar surface area (TPSA) is 86.9 Å². The summed E-state index contributed by atoms with van der Waals surface area (Å²) in [6, 6.07) is 6.50. The second kappa shape index (κ2) is 6.01. The van der Waals surface area contributed by atoms with Gasteiger partial charge in [0.05, 0.1) is 6.04 Å². The van der Waals surface area contributed by atoms with Gasteiger partial charge >= 0.3 is 0 Å². The molecule has 0 aliphatic carbocycles. The van der Waals surface area contributed by atoms with Crippen molar-refractivity contribution in [3.05, 3.63) is 48.0 Å². The lowest BCUT2D eigenvalue weighted by Crippen LogP contribution is -2.27. The predicted molar refractivity (Wildman–Crippen MR) is 75.2 cm³/mol. The third-order valence-electron chi connectivity index (χ3n) is 2.74. The zero-order valence-electron chi connectivity index (χ0n) is 11.3. The highest BCUT2D eigenvalue weighted by molar-refractivity contribution is 5.95. The quantitative estimate of drug-likeness (QED) is 0.794. The Labute approximate surface area is 116 Å². The molecule has 20 heavy (non-hydrogen) atoms. The van der Waals surface area contributed by atoms with Crippen LogP contribution in [0.2, 0.25) is 0 Å². The molecule has 1 atom stereocenters. The molecule has 1 aromatic carbocycles. The van der Waals surface area contributed by atoms with E-state index in [1.54, 1.807) is 36.7 Å². The van der Waals surface area contributed by atoms with Gasteiger partial charge in [0.15, 0.2) is 0 Å². The van der Waals surface area contributed by atoms with Gasteiger partial charge in [-0.3, -0.25) is 9.59 Å². The minimum Gasteiger partial charge on any atom is -0.347 e. The van der Waals surface area contributed by atoms with Crippen LogP contribution in [0.4, 0.5) is 5.69 Å². The zero-order chi connectivity index (χ0) is 14.5. The number of nitrogens with zero attached hydrogens (tertiary/aromatic N) is 1. The Hall–Kier alpha value is -2.63. The molecule has 6 nitrogen and oxygen atoms in total. The Bertz CT molecular complexity index is 590. The summed E-state index contributed by atoms with van der Waals surface area (Å²) >= 11 is 0. The van der Waals surface area contributed by atoms with Gasteiger partial charge in [-0.1, -0.05) is 0 Å². The zero-order valence-corrected chi connectivity index (χ0v) is 11.3. The molecular formula is C14H16N4O2. The molecule has 1 unspecified atom stereocenters. The first-order valence-electron chi connectivity index (χ1n) is 6.24. The predicted octanol–water partition coefficient (Wildman–Crippen LogP) is 1.86. The van der Waals surface area contributed by atoms with Crippen LogP contribution in [0.1, 0.15) is 36.1 Å². The number of hydrogen-bond acceptors (Lipinski definition) is 3. The average Bonchev–Trinajstić information content (AvgIpc) is 2.92. The molecule has 3 N–H and O–H groups in total. The summed E-state index contributed by atoms with van der Waals surface area (Å²) in [4.78, 5) is 30.0. The second-order valence-electron chi connectivity index (χ2n) is 4.43. The third kappa shape index (κ3) is 3.44. The van der Waals surface area contributed by atoms with Crippen molar-refractivity contribution in [1.82, 2.24) is 15.3 Å². The summed E-state index contributed by atoms with van der Waals surface area (Å²) in [7, 11) is 0. The monoisotopic (exact) mass is 272 g/mol. The summed E-state index contributed by atoms with van der Waals surface area (Å²) in [5.74, 6) is 0.366. The number of H-pyrrole nitrogens is 1. The number of anilines is 1. The smallest absolute Gasteiger partial charge is 0.251 e. The molecule has 0 saturated heterocycles. The van der Waals surface area contributed by atoms with Crippen LogP contribution in [0, 0.1) is 0 Å². The van der Waals surface area contributed by atoms with Crippen LogP contribution in [0.5, 0.6) is 0 Å². The minimum atomic E-state index is -0.201. The fourth-order valence-electron chi connectivity index (χ4n) is 1.77. The van der Waals surface area contributed by atoms with Crippen LogP contribution in [-0.2, 0) is 4.79 Å². The molecule has 2 rings (SSSR count). The van der Waals surface area contributed by atoms with Gasteiger partial charge in [0, 0.05) is 30.6 Å². The maximum absolute atomic E-state index is 12.0. The standard InChI is InChI=1S/C14H16N4O2/c1-9(13-15-7-8-16-13)17-14(20)11-3-5-12(6-4-11)18-10(2)19/h3-9H,1-2H3,(H,15,16)(H,17,20)(H,18,19). The van der Waals surface area contributed by atoms with Crippen LogP contribution >= 0.6 is 0 Å². The van der Waals surface area contributed by atoms with E-state index in [1.165, 1.54) is 6.92 Å². The number of benzene rings is 1. The first-order chi connectivity index (χ1) is 9.56. The first-order valence-corrected chi connectivity index (χ1v) is 6.24. The molecule has 0 aliphatic heterocycles. The molecule has 0 bridgehead atoms. The van der Waals surface area contributed by atoms with Gasteiger partial charge in [0.1, 0.15) is 5.82 Å². The van der Waals surface area contributed by atoms with E-state index in [4.69, 9.17) is 0 Å². The van der Waals surface area contributed by atoms with E-state index in [0.717, 1.165) is 0 Å². The molecule has 2 aromatic rings. The molecule has 6 heteroatoms. The lowest BCUT2D eigenvalue weighted by Gasteiger charge is -2.11. The number of aromatic amines is 1. The van der Waals surface area contributed by atoms with Crippen LogP contribution in [0.15, 0.2) is 36.7 Å². The Morgan fingerprint density at radius 2 is 1.95 bits per heavy atom. The van der Waals surface area contributed by atoms with Crippen LogP contribution < -0.4 is 10.6 Å². The third-order valence-corrected chi connectivity index (χ3v) is 2.74. The normalized spacial score (nSPS) is 11.7. The molecule has 2 amide bonds. The Kier molecular flexibility index (Phi) is 4.14. The van der Waals surface area contributed by atoms with E-state index in [2.05, 4.69) is 20.6 Å². The van der Waals surface area contributed by atoms with E-state index < -0.39 is 0 Å². The fourth-order valence-corrected chi connectivity index (χ4v) is 1.77. The number of amides is 2. The van der Waals surface area contributed by atoms with Crippen molar-refractivity contribution in [2.75, 3.05) is 5.32 Å². The Morgan fingerprint density at radius 3 is 2.50 bits per heavy atom. The molecule has 1 heterocycles.